The van der Waals surface area contributed by atoms with Crippen LogP contribution in [-0.4, -0.2) is 40.0 Å². The molecule has 2 aromatic heterocycles. The summed E-state index contributed by atoms with van der Waals surface area (Å²) in [5.74, 6) is 1.72. The van der Waals surface area contributed by atoms with Crippen molar-refractivity contribution >= 4 is 11.8 Å². The first-order valence-corrected chi connectivity index (χ1v) is 19.8. The van der Waals surface area contributed by atoms with Crippen molar-refractivity contribution in [1.82, 2.24) is 20.6 Å². The molecule has 4 aliphatic carbocycles. The molecule has 2 heterocycles. The van der Waals surface area contributed by atoms with Crippen LogP contribution in [0.5, 0.6) is 5.75 Å². The Morgan fingerprint density at radius 3 is 1.41 bits per heavy atom. The van der Waals surface area contributed by atoms with E-state index in [0.29, 0.717) is 23.2 Å². The number of hydrogen-bond acceptors (Lipinski definition) is 5. The number of carbonyl (C=O) groups is 2. The summed E-state index contributed by atoms with van der Waals surface area (Å²) in [4.78, 5) is 35.2. The van der Waals surface area contributed by atoms with Crippen LogP contribution in [0.15, 0.2) is 24.3 Å². The fourth-order valence-electron chi connectivity index (χ4n) is 8.73. The van der Waals surface area contributed by atoms with Crippen molar-refractivity contribution in [2.24, 2.45) is 0 Å². The van der Waals surface area contributed by atoms with Crippen LogP contribution in [0.1, 0.15) is 205 Å². The highest BCUT2D eigenvalue weighted by Gasteiger charge is 2.30. The van der Waals surface area contributed by atoms with Crippen molar-refractivity contribution in [3.8, 4) is 5.75 Å². The third-order valence-corrected chi connectivity index (χ3v) is 11.8. The molecule has 4 fully saturated rings. The summed E-state index contributed by atoms with van der Waals surface area (Å²) in [5, 5.41) is 6.61. The molecule has 7 heteroatoms. The second-order valence-corrected chi connectivity index (χ2v) is 16.3. The number of hydrogen-bond donors (Lipinski definition) is 2. The van der Waals surface area contributed by atoms with Gasteiger partial charge in [-0.2, -0.15) is 0 Å². The fraction of sp³-hybridized carbons (Fsp3) is 0.714. The van der Waals surface area contributed by atoms with E-state index in [1.54, 1.807) is 13.2 Å². The number of ether oxygens (including phenoxy) is 1. The minimum absolute atomic E-state index is 0.0148. The highest BCUT2D eigenvalue weighted by atomic mass is 16.5. The maximum absolute atomic E-state index is 12.9. The van der Waals surface area contributed by atoms with Crippen molar-refractivity contribution in [3.63, 3.8) is 0 Å². The van der Waals surface area contributed by atoms with Crippen LogP contribution >= 0.6 is 0 Å². The van der Waals surface area contributed by atoms with Crippen molar-refractivity contribution in [3.05, 3.63) is 52.6 Å². The minimum atomic E-state index is -0.115. The number of aryl methyl sites for hydroxylation is 1. The average molecular weight is 673 g/mol. The zero-order valence-electron chi connectivity index (χ0n) is 31.1. The highest BCUT2D eigenvalue weighted by Crippen LogP contribution is 2.36. The molecule has 0 saturated heterocycles. The molecule has 0 spiro atoms. The van der Waals surface area contributed by atoms with E-state index in [1.807, 2.05) is 12.1 Å². The first kappa shape index (κ1) is 37.3. The topological polar surface area (TPSA) is 93.2 Å². The summed E-state index contributed by atoms with van der Waals surface area (Å²) in [6.45, 7) is 6.48. The quantitative estimate of drug-likeness (QED) is 0.305. The predicted molar refractivity (Wildman–Crippen MR) is 199 cm³/mol. The second-order valence-electron chi connectivity index (χ2n) is 16.3. The van der Waals surface area contributed by atoms with E-state index in [0.717, 1.165) is 48.4 Å². The molecule has 2 N–H and O–H groups in total. The van der Waals surface area contributed by atoms with Gasteiger partial charge in [-0.05, 0) is 89.8 Å². The Labute approximate surface area is 296 Å². The standard InChI is InChI=1S/C21H32N2O2.C21H32N2O/c1-21(12-8-4-3-5-9-13-21)23-20(24)19-15-17(25-2)14-18(22-19)16-10-6-7-11-16;1-16-14-18(17-10-6-7-11-17)22-19(15-16)20(24)23-21(2)12-8-4-3-5-9-13-21/h14-16H,3-13H2,1-2H3,(H,23,24);14-15,17H,3-13H2,1-2H3,(H,23,24). The van der Waals surface area contributed by atoms with Crippen LogP contribution in [0.2, 0.25) is 0 Å². The van der Waals surface area contributed by atoms with Gasteiger partial charge in [-0.15, -0.1) is 0 Å². The van der Waals surface area contributed by atoms with Gasteiger partial charge in [0.15, 0.2) is 0 Å². The van der Waals surface area contributed by atoms with Gasteiger partial charge in [0, 0.05) is 46.4 Å². The number of amides is 2. The Balaban J connectivity index is 0.000000191. The molecule has 0 aliphatic heterocycles. The van der Waals surface area contributed by atoms with Crippen LogP contribution in [0, 0.1) is 6.92 Å². The zero-order chi connectivity index (χ0) is 34.7. The monoisotopic (exact) mass is 672 g/mol. The molecule has 0 atom stereocenters. The Kier molecular flexibility index (Phi) is 13.6. The summed E-state index contributed by atoms with van der Waals surface area (Å²) < 4.78 is 5.44. The summed E-state index contributed by atoms with van der Waals surface area (Å²) in [6, 6.07) is 7.90. The molecule has 4 aliphatic rings. The largest absolute Gasteiger partial charge is 0.497 e. The smallest absolute Gasteiger partial charge is 0.270 e. The molecule has 4 saturated carbocycles. The van der Waals surface area contributed by atoms with Crippen LogP contribution in [0.4, 0.5) is 0 Å². The van der Waals surface area contributed by atoms with Gasteiger partial charge < -0.3 is 15.4 Å². The van der Waals surface area contributed by atoms with Gasteiger partial charge in [0.1, 0.15) is 17.1 Å². The van der Waals surface area contributed by atoms with E-state index in [4.69, 9.17) is 14.7 Å². The van der Waals surface area contributed by atoms with Crippen molar-refractivity contribution in [2.45, 2.75) is 185 Å². The van der Waals surface area contributed by atoms with Crippen molar-refractivity contribution in [1.29, 1.82) is 0 Å². The Hall–Kier alpha value is -2.96. The Bertz CT molecular complexity index is 1360. The molecule has 0 bridgehead atoms. The van der Waals surface area contributed by atoms with E-state index in [9.17, 15) is 9.59 Å². The summed E-state index contributed by atoms with van der Waals surface area (Å²) >= 11 is 0. The first-order valence-electron chi connectivity index (χ1n) is 19.8. The Morgan fingerprint density at radius 1 is 0.592 bits per heavy atom. The number of carbonyl (C=O) groups excluding carboxylic acids is 2. The van der Waals surface area contributed by atoms with Gasteiger partial charge in [0.05, 0.1) is 7.11 Å². The molecule has 6 rings (SSSR count). The van der Waals surface area contributed by atoms with Gasteiger partial charge in [-0.25, -0.2) is 9.97 Å². The van der Waals surface area contributed by atoms with E-state index in [-0.39, 0.29) is 22.9 Å². The molecular weight excluding hydrogens is 608 g/mol. The van der Waals surface area contributed by atoms with Gasteiger partial charge in [-0.3, -0.25) is 9.59 Å². The van der Waals surface area contributed by atoms with Gasteiger partial charge in [-0.1, -0.05) is 89.9 Å². The number of rotatable bonds is 7. The highest BCUT2D eigenvalue weighted by molar-refractivity contribution is 5.93. The lowest BCUT2D eigenvalue weighted by atomic mass is 9.85. The van der Waals surface area contributed by atoms with Crippen LogP contribution in [-0.2, 0) is 0 Å². The number of aromatic nitrogens is 2. The van der Waals surface area contributed by atoms with E-state index in [2.05, 4.69) is 37.5 Å². The maximum atomic E-state index is 12.9. The van der Waals surface area contributed by atoms with Crippen LogP contribution in [0.25, 0.3) is 0 Å². The van der Waals surface area contributed by atoms with E-state index >= 15 is 0 Å². The molecule has 49 heavy (non-hydrogen) atoms. The molecule has 0 aromatic carbocycles. The molecule has 7 nitrogen and oxygen atoms in total. The summed E-state index contributed by atoms with van der Waals surface area (Å²) in [6.07, 6.45) is 26.7. The zero-order valence-corrected chi connectivity index (χ0v) is 31.1. The first-order chi connectivity index (χ1) is 23.7. The molecular formula is C42H64N4O3. The molecule has 0 radical (unpaired) electrons. The van der Waals surface area contributed by atoms with Gasteiger partial charge >= 0.3 is 0 Å². The maximum Gasteiger partial charge on any atom is 0.270 e. The SMILES string of the molecule is COc1cc(C(=O)NC2(C)CCCCCCC2)nc(C2CCCC2)c1.Cc1cc(C(=O)NC2(C)CCCCCCC2)nc(C2CCCC2)c1. The summed E-state index contributed by atoms with van der Waals surface area (Å²) in [7, 11) is 1.66. The number of methoxy groups -OCH3 is 1. The van der Waals surface area contributed by atoms with Gasteiger partial charge in [0.25, 0.3) is 11.8 Å². The van der Waals surface area contributed by atoms with E-state index in [1.165, 1.54) is 116 Å². The lowest BCUT2D eigenvalue weighted by Crippen LogP contribution is -2.46. The van der Waals surface area contributed by atoms with Crippen LogP contribution in [0.3, 0.4) is 0 Å². The minimum Gasteiger partial charge on any atom is -0.497 e. The number of nitrogens with one attached hydrogen (secondary N) is 2. The fourth-order valence-corrected chi connectivity index (χ4v) is 8.73. The lowest BCUT2D eigenvalue weighted by Gasteiger charge is -2.32. The molecule has 2 amide bonds. The lowest BCUT2D eigenvalue weighted by molar-refractivity contribution is 0.0875. The van der Waals surface area contributed by atoms with E-state index < -0.39 is 0 Å². The Morgan fingerprint density at radius 2 is 0.980 bits per heavy atom. The molecule has 0 unspecified atom stereocenters. The molecule has 2 aromatic rings. The van der Waals surface area contributed by atoms with Gasteiger partial charge in [0.2, 0.25) is 0 Å². The number of nitrogens with zero attached hydrogens (tertiary/aromatic N) is 2. The second kappa shape index (κ2) is 17.8. The number of pyridine rings is 2. The molecule has 270 valence electrons. The predicted octanol–water partition coefficient (Wildman–Crippen LogP) is 10.3. The third-order valence-electron chi connectivity index (χ3n) is 11.8. The van der Waals surface area contributed by atoms with Crippen molar-refractivity contribution < 1.29 is 14.3 Å². The van der Waals surface area contributed by atoms with Crippen LogP contribution < -0.4 is 15.4 Å². The average Bonchev–Trinajstić information content (AvgIpc) is 3.81. The third kappa shape index (κ3) is 11.0. The van der Waals surface area contributed by atoms with Crippen molar-refractivity contribution in [2.75, 3.05) is 7.11 Å². The normalized spacial score (nSPS) is 21.6. The summed E-state index contributed by atoms with van der Waals surface area (Å²) in [5.41, 5.74) is 4.22.